The minimum Gasteiger partial charge on any atom is -0.507 e. The number of phenols is 1. The number of hydrogen-bond acceptors (Lipinski definition) is 6. The molecule has 1 aromatic heterocycles. The van der Waals surface area contributed by atoms with Gasteiger partial charge in [-0.15, -0.1) is 0 Å². The van der Waals surface area contributed by atoms with Gasteiger partial charge in [0, 0.05) is 32.7 Å². The molecule has 1 aromatic carbocycles. The summed E-state index contributed by atoms with van der Waals surface area (Å²) in [6.45, 7) is 2.70. The lowest BCUT2D eigenvalue weighted by Crippen LogP contribution is -2.48. The Morgan fingerprint density at radius 3 is 2.48 bits per heavy atom. The number of carboxylic acid groups (broad SMARTS) is 1. The van der Waals surface area contributed by atoms with Crippen molar-refractivity contribution in [3.8, 4) is 5.75 Å². The fourth-order valence-electron chi connectivity index (χ4n) is 2.76. The van der Waals surface area contributed by atoms with Crippen molar-refractivity contribution in [2.75, 3.05) is 26.2 Å². The molecule has 3 rings (SSSR count). The van der Waals surface area contributed by atoms with Crippen molar-refractivity contribution in [1.82, 2.24) is 9.21 Å². The van der Waals surface area contributed by atoms with E-state index in [4.69, 9.17) is 5.11 Å². The second-order valence-electron chi connectivity index (χ2n) is 5.80. The maximum Gasteiger partial charge on any atom is 0.339 e. The SMILES string of the molecule is O=C(O)c1cc(S(=O)(=O)N2CCN(Cc3ccsc3)CC2)ccc1O. The number of sulfonamides is 1. The number of nitrogens with zero attached hydrogens (tertiary/aromatic N) is 2. The predicted molar refractivity (Wildman–Crippen MR) is 93.4 cm³/mol. The number of carbonyl (C=O) groups is 1. The normalized spacial score (nSPS) is 16.8. The van der Waals surface area contributed by atoms with Gasteiger partial charge < -0.3 is 10.2 Å². The minimum absolute atomic E-state index is 0.117. The molecule has 2 heterocycles. The van der Waals surface area contributed by atoms with E-state index in [1.165, 1.54) is 15.9 Å². The summed E-state index contributed by atoms with van der Waals surface area (Å²) in [5, 5.41) is 22.7. The summed E-state index contributed by atoms with van der Waals surface area (Å²) in [7, 11) is -3.79. The summed E-state index contributed by atoms with van der Waals surface area (Å²) < 4.78 is 26.8. The van der Waals surface area contributed by atoms with Crippen molar-refractivity contribution in [2.24, 2.45) is 0 Å². The molecule has 7 nitrogen and oxygen atoms in total. The van der Waals surface area contributed by atoms with Crippen molar-refractivity contribution >= 4 is 27.3 Å². The smallest absolute Gasteiger partial charge is 0.339 e. The maximum atomic E-state index is 12.7. The molecule has 0 aliphatic carbocycles. The molecule has 0 unspecified atom stereocenters. The second kappa shape index (κ2) is 7.12. The number of piperazine rings is 1. The molecule has 0 bridgehead atoms. The van der Waals surface area contributed by atoms with Gasteiger partial charge in [-0.25, -0.2) is 13.2 Å². The fourth-order valence-corrected chi connectivity index (χ4v) is 4.87. The van der Waals surface area contributed by atoms with Gasteiger partial charge in [-0.3, -0.25) is 4.90 Å². The fraction of sp³-hybridized carbons (Fsp3) is 0.312. The third-order valence-corrected chi connectivity index (χ3v) is 6.78. The second-order valence-corrected chi connectivity index (χ2v) is 8.51. The van der Waals surface area contributed by atoms with Crippen LogP contribution in [-0.4, -0.2) is 60.0 Å². The van der Waals surface area contributed by atoms with Gasteiger partial charge in [-0.2, -0.15) is 15.6 Å². The monoisotopic (exact) mass is 382 g/mol. The summed E-state index contributed by atoms with van der Waals surface area (Å²) in [6, 6.07) is 5.39. The van der Waals surface area contributed by atoms with Crippen LogP contribution in [0.25, 0.3) is 0 Å². The van der Waals surface area contributed by atoms with Crippen LogP contribution in [0.5, 0.6) is 5.75 Å². The van der Waals surface area contributed by atoms with Crippen molar-refractivity contribution in [3.63, 3.8) is 0 Å². The van der Waals surface area contributed by atoms with Gasteiger partial charge in [0.25, 0.3) is 0 Å². The number of hydrogen-bond donors (Lipinski definition) is 2. The van der Waals surface area contributed by atoms with Gasteiger partial charge in [0.1, 0.15) is 11.3 Å². The van der Waals surface area contributed by atoms with E-state index in [1.807, 2.05) is 5.38 Å². The zero-order chi connectivity index (χ0) is 18.0. The van der Waals surface area contributed by atoms with Crippen LogP contribution in [0.2, 0.25) is 0 Å². The zero-order valence-corrected chi connectivity index (χ0v) is 15.0. The summed E-state index contributed by atoms with van der Waals surface area (Å²) in [5.41, 5.74) is 0.795. The molecular weight excluding hydrogens is 364 g/mol. The third kappa shape index (κ3) is 3.84. The summed E-state index contributed by atoms with van der Waals surface area (Å²) in [5.74, 6) is -1.82. The number of aromatic hydroxyl groups is 1. The van der Waals surface area contributed by atoms with Crippen LogP contribution in [0.1, 0.15) is 15.9 Å². The van der Waals surface area contributed by atoms with Gasteiger partial charge in [0.2, 0.25) is 10.0 Å². The van der Waals surface area contributed by atoms with Gasteiger partial charge >= 0.3 is 5.97 Å². The average Bonchev–Trinajstić information content (AvgIpc) is 3.08. The first-order chi connectivity index (χ1) is 11.9. The Balaban J connectivity index is 1.71. The van der Waals surface area contributed by atoms with Gasteiger partial charge in [-0.05, 0) is 40.6 Å². The highest BCUT2D eigenvalue weighted by molar-refractivity contribution is 7.89. The molecule has 25 heavy (non-hydrogen) atoms. The largest absolute Gasteiger partial charge is 0.507 e. The highest BCUT2D eigenvalue weighted by atomic mass is 32.2. The molecule has 0 atom stereocenters. The molecule has 0 spiro atoms. The molecule has 9 heteroatoms. The van der Waals surface area contributed by atoms with Crippen LogP contribution in [0.15, 0.2) is 39.9 Å². The first kappa shape index (κ1) is 17.9. The number of aromatic carboxylic acids is 1. The van der Waals surface area contributed by atoms with Crippen LogP contribution < -0.4 is 0 Å². The van der Waals surface area contributed by atoms with E-state index in [0.29, 0.717) is 26.2 Å². The quantitative estimate of drug-likeness (QED) is 0.816. The average molecular weight is 382 g/mol. The van der Waals surface area contributed by atoms with E-state index < -0.39 is 27.3 Å². The maximum absolute atomic E-state index is 12.7. The van der Waals surface area contributed by atoms with E-state index in [-0.39, 0.29) is 4.90 Å². The highest BCUT2D eigenvalue weighted by Gasteiger charge is 2.29. The van der Waals surface area contributed by atoms with Crippen molar-refractivity contribution in [2.45, 2.75) is 11.4 Å². The van der Waals surface area contributed by atoms with Gasteiger partial charge in [0.15, 0.2) is 0 Å². The zero-order valence-electron chi connectivity index (χ0n) is 13.3. The van der Waals surface area contributed by atoms with E-state index in [0.717, 1.165) is 18.7 Å². The van der Waals surface area contributed by atoms with E-state index in [2.05, 4.69) is 16.3 Å². The molecule has 0 saturated carbocycles. The number of benzene rings is 1. The first-order valence-electron chi connectivity index (χ1n) is 7.68. The van der Waals surface area contributed by atoms with Crippen LogP contribution in [-0.2, 0) is 16.6 Å². The third-order valence-electron chi connectivity index (χ3n) is 4.15. The summed E-state index contributed by atoms with van der Waals surface area (Å²) in [6.07, 6.45) is 0. The first-order valence-corrected chi connectivity index (χ1v) is 10.1. The molecular formula is C16H18N2O5S2. The lowest BCUT2D eigenvalue weighted by atomic mass is 10.2. The molecule has 2 aromatic rings. The molecule has 134 valence electrons. The van der Waals surface area contributed by atoms with Crippen LogP contribution in [0.4, 0.5) is 0 Å². The molecule has 1 saturated heterocycles. The van der Waals surface area contributed by atoms with Gasteiger partial charge in [-0.1, -0.05) is 0 Å². The molecule has 0 amide bonds. The Bertz CT molecular complexity index is 857. The Morgan fingerprint density at radius 1 is 1.16 bits per heavy atom. The Kier molecular flexibility index (Phi) is 5.09. The van der Waals surface area contributed by atoms with E-state index in [9.17, 15) is 18.3 Å². The van der Waals surface area contributed by atoms with E-state index in [1.54, 1.807) is 11.3 Å². The lowest BCUT2D eigenvalue weighted by molar-refractivity contribution is 0.0693. The summed E-state index contributed by atoms with van der Waals surface area (Å²) in [4.78, 5) is 13.2. The molecule has 1 aliphatic rings. The molecule has 0 radical (unpaired) electrons. The number of rotatable bonds is 5. The minimum atomic E-state index is -3.79. The Morgan fingerprint density at radius 2 is 1.88 bits per heavy atom. The molecule has 2 N–H and O–H groups in total. The lowest BCUT2D eigenvalue weighted by Gasteiger charge is -2.33. The van der Waals surface area contributed by atoms with Crippen molar-refractivity contribution < 1.29 is 23.4 Å². The van der Waals surface area contributed by atoms with Crippen LogP contribution in [0, 0.1) is 0 Å². The molecule has 1 fully saturated rings. The Hall–Kier alpha value is -1.94. The highest BCUT2D eigenvalue weighted by Crippen LogP contribution is 2.24. The topological polar surface area (TPSA) is 98.1 Å². The predicted octanol–water partition coefficient (Wildman–Crippen LogP) is 1.66. The van der Waals surface area contributed by atoms with Crippen molar-refractivity contribution in [1.29, 1.82) is 0 Å². The summed E-state index contributed by atoms with van der Waals surface area (Å²) >= 11 is 1.63. The van der Waals surface area contributed by atoms with Crippen LogP contribution >= 0.6 is 11.3 Å². The number of carboxylic acids is 1. The van der Waals surface area contributed by atoms with Gasteiger partial charge in [0.05, 0.1) is 4.90 Å². The van der Waals surface area contributed by atoms with E-state index >= 15 is 0 Å². The van der Waals surface area contributed by atoms with Crippen molar-refractivity contribution in [3.05, 3.63) is 46.2 Å². The Labute approximate surface area is 149 Å². The number of thiophene rings is 1. The molecule has 1 aliphatic heterocycles. The van der Waals surface area contributed by atoms with Crippen LogP contribution in [0.3, 0.4) is 0 Å². The standard InChI is InChI=1S/C16H18N2O5S2/c19-15-2-1-13(9-14(15)16(20)21)25(22,23)18-6-4-17(5-7-18)10-12-3-8-24-11-12/h1-3,8-9,11,19H,4-7,10H2,(H,20,21).